The Morgan fingerprint density at radius 1 is 1.19 bits per heavy atom. The summed E-state index contributed by atoms with van der Waals surface area (Å²) in [4.78, 5) is 18.6. The minimum absolute atomic E-state index is 0. The zero-order valence-corrected chi connectivity index (χ0v) is 18.1. The number of anilines is 1. The van der Waals surface area contributed by atoms with Crippen molar-refractivity contribution in [3.05, 3.63) is 30.3 Å². The van der Waals surface area contributed by atoms with Gasteiger partial charge in [0.25, 0.3) is 0 Å². The van der Waals surface area contributed by atoms with Gasteiger partial charge in [-0.25, -0.2) is 0 Å². The third kappa shape index (κ3) is 7.46. The minimum atomic E-state index is -0.110. The minimum Gasteiger partial charge on any atom is -0.379 e. The zero-order chi connectivity index (χ0) is 18.1. The normalized spacial score (nSPS) is 15.7. The molecule has 0 bridgehead atoms. The van der Waals surface area contributed by atoms with Crippen LogP contribution in [-0.2, 0) is 9.53 Å². The van der Waals surface area contributed by atoms with Crippen LogP contribution >= 0.6 is 24.0 Å². The first-order valence-electron chi connectivity index (χ1n) is 8.63. The summed E-state index contributed by atoms with van der Waals surface area (Å²) < 4.78 is 5.41. The van der Waals surface area contributed by atoms with Crippen LogP contribution in [0.3, 0.4) is 0 Å². The SMILES string of the molecule is CN=C(NCC(=O)Nc1ccccc1)NCC(C)(C)N1CCOCC1.I. The van der Waals surface area contributed by atoms with E-state index in [2.05, 4.69) is 39.7 Å². The first-order valence-corrected chi connectivity index (χ1v) is 8.63. The largest absolute Gasteiger partial charge is 0.379 e. The van der Waals surface area contributed by atoms with Crippen molar-refractivity contribution in [1.82, 2.24) is 15.5 Å². The summed E-state index contributed by atoms with van der Waals surface area (Å²) >= 11 is 0. The summed E-state index contributed by atoms with van der Waals surface area (Å²) in [6.45, 7) is 8.69. The second-order valence-corrected chi connectivity index (χ2v) is 6.61. The number of nitrogens with one attached hydrogen (secondary N) is 3. The summed E-state index contributed by atoms with van der Waals surface area (Å²) in [6.07, 6.45) is 0. The molecule has 146 valence electrons. The number of amides is 1. The number of guanidine groups is 1. The first-order chi connectivity index (χ1) is 12.0. The predicted octanol–water partition coefficient (Wildman–Crippen LogP) is 1.52. The molecule has 1 fully saturated rings. The fraction of sp³-hybridized carbons (Fsp3) is 0.556. The van der Waals surface area contributed by atoms with E-state index < -0.39 is 0 Å². The second kappa shape index (κ2) is 11.3. The van der Waals surface area contributed by atoms with Gasteiger partial charge in [-0.1, -0.05) is 18.2 Å². The van der Waals surface area contributed by atoms with Gasteiger partial charge < -0.3 is 20.7 Å². The Kier molecular flexibility index (Phi) is 9.89. The van der Waals surface area contributed by atoms with Crippen LogP contribution in [0.4, 0.5) is 5.69 Å². The molecule has 1 heterocycles. The van der Waals surface area contributed by atoms with E-state index in [4.69, 9.17) is 4.74 Å². The number of hydrogen-bond donors (Lipinski definition) is 3. The number of carbonyl (C=O) groups is 1. The number of ether oxygens (including phenoxy) is 1. The van der Waals surface area contributed by atoms with Gasteiger partial charge in [0.15, 0.2) is 5.96 Å². The summed E-state index contributed by atoms with van der Waals surface area (Å²) in [5.41, 5.74) is 0.763. The number of carbonyl (C=O) groups excluding carboxylic acids is 1. The van der Waals surface area contributed by atoms with Crippen molar-refractivity contribution in [3.8, 4) is 0 Å². The fourth-order valence-electron chi connectivity index (χ4n) is 2.69. The first kappa shape index (κ1) is 22.7. The molecule has 0 spiro atoms. The van der Waals surface area contributed by atoms with Crippen molar-refractivity contribution >= 4 is 41.5 Å². The lowest BCUT2D eigenvalue weighted by Gasteiger charge is -2.41. The Labute approximate surface area is 173 Å². The van der Waals surface area contributed by atoms with Crippen molar-refractivity contribution < 1.29 is 9.53 Å². The smallest absolute Gasteiger partial charge is 0.243 e. The third-order valence-electron chi connectivity index (χ3n) is 4.25. The maximum absolute atomic E-state index is 12.0. The van der Waals surface area contributed by atoms with Crippen LogP contribution in [0.1, 0.15) is 13.8 Å². The molecule has 2 rings (SSSR count). The molecule has 1 amide bonds. The lowest BCUT2D eigenvalue weighted by molar-refractivity contribution is -0.115. The van der Waals surface area contributed by atoms with Gasteiger partial charge in [0.05, 0.1) is 19.8 Å². The van der Waals surface area contributed by atoms with Crippen LogP contribution in [0.5, 0.6) is 0 Å². The lowest BCUT2D eigenvalue weighted by Crippen LogP contribution is -2.56. The van der Waals surface area contributed by atoms with Gasteiger partial charge in [-0.2, -0.15) is 0 Å². The Morgan fingerprint density at radius 3 is 2.46 bits per heavy atom. The average Bonchev–Trinajstić information content (AvgIpc) is 2.63. The molecule has 1 aromatic rings. The second-order valence-electron chi connectivity index (χ2n) is 6.61. The number of rotatable bonds is 6. The lowest BCUT2D eigenvalue weighted by atomic mass is 10.0. The molecule has 1 aliphatic heterocycles. The van der Waals surface area contributed by atoms with Gasteiger partial charge in [0, 0.05) is 37.9 Å². The summed E-state index contributed by atoms with van der Waals surface area (Å²) in [7, 11) is 1.70. The molecule has 8 heteroatoms. The number of halogens is 1. The van der Waals surface area contributed by atoms with Crippen molar-refractivity contribution in [2.45, 2.75) is 19.4 Å². The van der Waals surface area contributed by atoms with Crippen LogP contribution in [0.2, 0.25) is 0 Å². The molecule has 0 aliphatic carbocycles. The Hall–Kier alpha value is -1.39. The molecule has 7 nitrogen and oxygen atoms in total. The Balaban J connectivity index is 0.00000338. The quantitative estimate of drug-likeness (QED) is 0.331. The molecule has 0 unspecified atom stereocenters. The topological polar surface area (TPSA) is 78.0 Å². The van der Waals surface area contributed by atoms with E-state index in [1.165, 1.54) is 0 Å². The van der Waals surface area contributed by atoms with Crippen molar-refractivity contribution in [1.29, 1.82) is 0 Å². The van der Waals surface area contributed by atoms with Gasteiger partial charge in [-0.15, -0.1) is 24.0 Å². The number of morpholine rings is 1. The van der Waals surface area contributed by atoms with Crippen molar-refractivity contribution in [2.75, 3.05) is 51.8 Å². The van der Waals surface area contributed by atoms with E-state index in [0.717, 1.165) is 38.5 Å². The van der Waals surface area contributed by atoms with Gasteiger partial charge >= 0.3 is 0 Å². The third-order valence-corrected chi connectivity index (χ3v) is 4.25. The molecule has 1 aromatic carbocycles. The fourth-order valence-corrected chi connectivity index (χ4v) is 2.69. The highest BCUT2D eigenvalue weighted by molar-refractivity contribution is 14.0. The maximum Gasteiger partial charge on any atom is 0.243 e. The summed E-state index contributed by atoms with van der Waals surface area (Å²) in [6, 6.07) is 9.40. The number of nitrogens with zero attached hydrogens (tertiary/aromatic N) is 2. The van der Waals surface area contributed by atoms with E-state index in [0.29, 0.717) is 5.96 Å². The zero-order valence-electron chi connectivity index (χ0n) is 15.7. The van der Waals surface area contributed by atoms with E-state index in [1.807, 2.05) is 30.3 Å². The monoisotopic (exact) mass is 475 g/mol. The number of para-hydroxylation sites is 1. The highest BCUT2D eigenvalue weighted by Crippen LogP contribution is 2.14. The molecule has 1 aliphatic rings. The highest BCUT2D eigenvalue weighted by Gasteiger charge is 2.28. The van der Waals surface area contributed by atoms with E-state index in [1.54, 1.807) is 7.05 Å². The van der Waals surface area contributed by atoms with Gasteiger partial charge in [0.2, 0.25) is 5.91 Å². The average molecular weight is 475 g/mol. The van der Waals surface area contributed by atoms with Gasteiger partial charge in [0.1, 0.15) is 0 Å². The van der Waals surface area contributed by atoms with Crippen LogP contribution in [-0.4, -0.2) is 68.7 Å². The van der Waals surface area contributed by atoms with Crippen molar-refractivity contribution in [3.63, 3.8) is 0 Å². The molecule has 26 heavy (non-hydrogen) atoms. The summed E-state index contributed by atoms with van der Waals surface area (Å²) in [5.74, 6) is 0.506. The molecule has 0 aromatic heterocycles. The van der Waals surface area contributed by atoms with E-state index in [9.17, 15) is 4.79 Å². The van der Waals surface area contributed by atoms with E-state index in [-0.39, 0.29) is 42.0 Å². The Bertz CT molecular complexity index is 574. The van der Waals surface area contributed by atoms with E-state index >= 15 is 0 Å². The van der Waals surface area contributed by atoms with Gasteiger partial charge in [-0.3, -0.25) is 14.7 Å². The molecule has 0 radical (unpaired) electrons. The Morgan fingerprint density at radius 2 is 1.85 bits per heavy atom. The standard InChI is InChI=1S/C18H29N5O2.HI/c1-18(2,23-9-11-25-12-10-23)14-21-17(19-3)20-13-16(24)22-15-7-5-4-6-8-15;/h4-8H,9-14H2,1-3H3,(H,22,24)(H2,19,20,21);1H. The number of benzene rings is 1. The molecule has 1 saturated heterocycles. The maximum atomic E-state index is 12.0. The molecular weight excluding hydrogens is 445 g/mol. The van der Waals surface area contributed by atoms with Crippen LogP contribution in [0, 0.1) is 0 Å². The highest BCUT2D eigenvalue weighted by atomic mass is 127. The number of hydrogen-bond acceptors (Lipinski definition) is 4. The summed E-state index contributed by atoms with van der Waals surface area (Å²) in [5, 5.41) is 9.19. The molecule has 0 saturated carbocycles. The predicted molar refractivity (Wildman–Crippen MR) is 116 cm³/mol. The molecular formula is C18H30IN5O2. The van der Waals surface area contributed by atoms with Crippen molar-refractivity contribution in [2.24, 2.45) is 4.99 Å². The number of aliphatic imine (C=N–C) groups is 1. The van der Waals surface area contributed by atoms with Crippen LogP contribution < -0.4 is 16.0 Å². The van der Waals surface area contributed by atoms with Crippen LogP contribution in [0.15, 0.2) is 35.3 Å². The van der Waals surface area contributed by atoms with Gasteiger partial charge in [-0.05, 0) is 26.0 Å². The molecule has 0 atom stereocenters. The van der Waals surface area contributed by atoms with Crippen LogP contribution in [0.25, 0.3) is 0 Å². The molecule has 3 N–H and O–H groups in total.